The maximum absolute atomic E-state index is 5.55. The second-order valence-electron chi connectivity index (χ2n) is 3.31. The van der Waals surface area contributed by atoms with E-state index in [0.29, 0.717) is 12.6 Å². The summed E-state index contributed by atoms with van der Waals surface area (Å²) in [5.41, 5.74) is 7.81. The molecule has 1 rings (SSSR count). The van der Waals surface area contributed by atoms with Crippen LogP contribution in [0.1, 0.15) is 19.4 Å². The minimum Gasteiger partial charge on any atom is -0.383 e. The molecule has 0 unspecified atom stereocenters. The van der Waals surface area contributed by atoms with Gasteiger partial charge in [-0.2, -0.15) is 0 Å². The molecule has 0 bridgehead atoms. The number of nitrogens with two attached hydrogens (primary N) is 1. The van der Waals surface area contributed by atoms with E-state index in [4.69, 9.17) is 5.73 Å². The lowest BCUT2D eigenvalue weighted by Gasteiger charge is -2.11. The van der Waals surface area contributed by atoms with Gasteiger partial charge in [-0.3, -0.25) is 0 Å². The van der Waals surface area contributed by atoms with Crippen LogP contribution in [0.2, 0.25) is 0 Å². The smallest absolute Gasteiger partial charge is 0.0353 e. The molecule has 1 aromatic carbocycles. The molecule has 0 aliphatic heterocycles. The highest BCUT2D eigenvalue weighted by Crippen LogP contribution is 2.21. The fraction of sp³-hybridized carbons (Fsp3) is 0.400. The van der Waals surface area contributed by atoms with Crippen LogP contribution in [-0.2, 0) is 6.54 Å². The first-order chi connectivity index (χ1) is 6.13. The topological polar surface area (TPSA) is 38.0 Å². The Labute approximate surface area is 87.6 Å². The molecule has 0 aliphatic rings. The molecule has 0 saturated carbocycles. The molecule has 0 spiro atoms. The van der Waals surface area contributed by atoms with Crippen LogP contribution in [0.4, 0.5) is 5.69 Å². The van der Waals surface area contributed by atoms with Crippen molar-refractivity contribution in [2.24, 2.45) is 5.73 Å². The van der Waals surface area contributed by atoms with Crippen molar-refractivity contribution in [3.63, 3.8) is 0 Å². The van der Waals surface area contributed by atoms with Gasteiger partial charge >= 0.3 is 0 Å². The third kappa shape index (κ3) is 3.01. The van der Waals surface area contributed by atoms with Gasteiger partial charge in [-0.05, 0) is 31.5 Å². The average Bonchev–Trinajstić information content (AvgIpc) is 2.03. The Kier molecular flexibility index (Phi) is 3.75. The first kappa shape index (κ1) is 10.5. The highest BCUT2D eigenvalue weighted by molar-refractivity contribution is 9.10. The van der Waals surface area contributed by atoms with Gasteiger partial charge in [0.1, 0.15) is 0 Å². The second kappa shape index (κ2) is 4.63. The number of hydrogen-bond acceptors (Lipinski definition) is 2. The number of rotatable bonds is 3. The Balaban J connectivity index is 2.83. The van der Waals surface area contributed by atoms with Crippen LogP contribution in [-0.4, -0.2) is 6.04 Å². The molecule has 0 aliphatic carbocycles. The van der Waals surface area contributed by atoms with E-state index in [0.717, 1.165) is 15.7 Å². The number of anilines is 1. The van der Waals surface area contributed by atoms with Crippen molar-refractivity contribution in [1.82, 2.24) is 0 Å². The molecule has 0 heterocycles. The maximum Gasteiger partial charge on any atom is 0.0353 e. The lowest BCUT2D eigenvalue weighted by atomic mass is 10.2. The van der Waals surface area contributed by atoms with Crippen molar-refractivity contribution in [2.75, 3.05) is 5.32 Å². The summed E-state index contributed by atoms with van der Waals surface area (Å²) in [5, 5.41) is 3.33. The lowest BCUT2D eigenvalue weighted by Crippen LogP contribution is -2.09. The zero-order valence-electron chi connectivity index (χ0n) is 7.97. The van der Waals surface area contributed by atoms with Crippen molar-refractivity contribution in [1.29, 1.82) is 0 Å². The summed E-state index contributed by atoms with van der Waals surface area (Å²) in [6.07, 6.45) is 0. The third-order valence-corrected chi connectivity index (χ3v) is 2.47. The molecular weight excluding hydrogens is 228 g/mol. The number of hydrogen-bond donors (Lipinski definition) is 2. The summed E-state index contributed by atoms with van der Waals surface area (Å²) in [5.74, 6) is 0. The Hall–Kier alpha value is -0.540. The standard InChI is InChI=1S/C10H15BrN2/c1-7(2)13-9-4-3-8(6-12)10(11)5-9/h3-5,7,13H,6,12H2,1-2H3. The van der Waals surface area contributed by atoms with Gasteiger partial charge in [0.2, 0.25) is 0 Å². The molecular formula is C10H15BrN2. The number of halogens is 1. The first-order valence-corrected chi connectivity index (χ1v) is 5.18. The van der Waals surface area contributed by atoms with Gasteiger partial charge in [0, 0.05) is 22.7 Å². The van der Waals surface area contributed by atoms with Crippen LogP contribution < -0.4 is 11.1 Å². The number of benzene rings is 1. The van der Waals surface area contributed by atoms with E-state index >= 15 is 0 Å². The minimum absolute atomic E-state index is 0.454. The van der Waals surface area contributed by atoms with E-state index in [-0.39, 0.29) is 0 Å². The first-order valence-electron chi connectivity index (χ1n) is 4.38. The Morgan fingerprint density at radius 2 is 2.15 bits per heavy atom. The van der Waals surface area contributed by atoms with Gasteiger partial charge in [-0.1, -0.05) is 22.0 Å². The van der Waals surface area contributed by atoms with Crippen LogP contribution in [0.3, 0.4) is 0 Å². The van der Waals surface area contributed by atoms with E-state index in [1.807, 2.05) is 12.1 Å². The third-order valence-electron chi connectivity index (χ3n) is 1.73. The molecule has 72 valence electrons. The Morgan fingerprint density at radius 1 is 1.46 bits per heavy atom. The Bertz CT molecular complexity index is 284. The van der Waals surface area contributed by atoms with Crippen molar-refractivity contribution in [3.05, 3.63) is 28.2 Å². The summed E-state index contributed by atoms with van der Waals surface area (Å²) >= 11 is 3.48. The fourth-order valence-electron chi connectivity index (χ4n) is 1.14. The molecule has 0 atom stereocenters. The van der Waals surface area contributed by atoms with Crippen molar-refractivity contribution in [3.8, 4) is 0 Å². The second-order valence-corrected chi connectivity index (χ2v) is 4.16. The summed E-state index contributed by atoms with van der Waals surface area (Å²) in [6.45, 7) is 4.80. The van der Waals surface area contributed by atoms with Crippen LogP contribution in [0.25, 0.3) is 0 Å². The molecule has 1 aromatic rings. The molecule has 0 radical (unpaired) electrons. The Morgan fingerprint density at radius 3 is 2.62 bits per heavy atom. The molecule has 13 heavy (non-hydrogen) atoms. The van der Waals surface area contributed by atoms with Gasteiger partial charge in [-0.15, -0.1) is 0 Å². The zero-order chi connectivity index (χ0) is 9.84. The predicted molar refractivity (Wildman–Crippen MR) is 60.8 cm³/mol. The number of nitrogens with one attached hydrogen (secondary N) is 1. The summed E-state index contributed by atoms with van der Waals surface area (Å²) in [7, 11) is 0. The van der Waals surface area contributed by atoms with E-state index in [1.165, 1.54) is 0 Å². The SMILES string of the molecule is CC(C)Nc1ccc(CN)c(Br)c1. The average molecular weight is 243 g/mol. The van der Waals surface area contributed by atoms with E-state index in [9.17, 15) is 0 Å². The quantitative estimate of drug-likeness (QED) is 0.856. The minimum atomic E-state index is 0.454. The highest BCUT2D eigenvalue weighted by atomic mass is 79.9. The van der Waals surface area contributed by atoms with E-state index < -0.39 is 0 Å². The summed E-state index contributed by atoms with van der Waals surface area (Å²) in [4.78, 5) is 0. The predicted octanol–water partition coefficient (Wildman–Crippen LogP) is 2.73. The van der Waals surface area contributed by atoms with Gasteiger partial charge in [0.25, 0.3) is 0 Å². The molecule has 0 amide bonds. The van der Waals surface area contributed by atoms with Crippen LogP contribution >= 0.6 is 15.9 Å². The molecule has 2 nitrogen and oxygen atoms in total. The monoisotopic (exact) mass is 242 g/mol. The normalized spacial score (nSPS) is 10.5. The fourth-order valence-corrected chi connectivity index (χ4v) is 1.68. The molecule has 3 heteroatoms. The van der Waals surface area contributed by atoms with Gasteiger partial charge in [-0.25, -0.2) is 0 Å². The lowest BCUT2D eigenvalue weighted by molar-refractivity contribution is 0.899. The van der Waals surface area contributed by atoms with Gasteiger partial charge in [0.15, 0.2) is 0 Å². The van der Waals surface area contributed by atoms with Crippen LogP contribution in [0, 0.1) is 0 Å². The van der Waals surface area contributed by atoms with Crippen molar-refractivity contribution < 1.29 is 0 Å². The van der Waals surface area contributed by atoms with E-state index in [1.54, 1.807) is 0 Å². The molecule has 3 N–H and O–H groups in total. The van der Waals surface area contributed by atoms with Gasteiger partial charge < -0.3 is 11.1 Å². The zero-order valence-corrected chi connectivity index (χ0v) is 9.56. The van der Waals surface area contributed by atoms with Gasteiger partial charge in [0.05, 0.1) is 0 Å². The van der Waals surface area contributed by atoms with E-state index in [2.05, 4.69) is 41.2 Å². The van der Waals surface area contributed by atoms with Crippen molar-refractivity contribution >= 4 is 21.6 Å². The van der Waals surface area contributed by atoms with Crippen molar-refractivity contribution in [2.45, 2.75) is 26.4 Å². The molecule has 0 aromatic heterocycles. The highest BCUT2D eigenvalue weighted by Gasteiger charge is 2.00. The van der Waals surface area contributed by atoms with Crippen LogP contribution in [0.5, 0.6) is 0 Å². The molecule has 0 saturated heterocycles. The summed E-state index contributed by atoms with van der Waals surface area (Å²) < 4.78 is 1.07. The molecule has 0 fully saturated rings. The summed E-state index contributed by atoms with van der Waals surface area (Å²) in [6, 6.07) is 6.60. The maximum atomic E-state index is 5.55. The largest absolute Gasteiger partial charge is 0.383 e. The van der Waals surface area contributed by atoms with Crippen LogP contribution in [0.15, 0.2) is 22.7 Å².